The van der Waals surface area contributed by atoms with E-state index in [1.165, 1.54) is 6.07 Å². The molecule has 2 saturated heterocycles. The van der Waals surface area contributed by atoms with Gasteiger partial charge in [0.2, 0.25) is 11.8 Å². The Balaban J connectivity index is 1.39. The van der Waals surface area contributed by atoms with Crippen LogP contribution in [0.3, 0.4) is 0 Å². The van der Waals surface area contributed by atoms with E-state index in [0.29, 0.717) is 63.0 Å². The van der Waals surface area contributed by atoms with E-state index in [1.807, 2.05) is 30.0 Å². The Kier molecular flexibility index (Phi) is 6.95. The number of halogens is 3. The molecule has 2 aliphatic rings. The third kappa shape index (κ3) is 5.10. The number of alkyl halides is 3. The molecular formula is C24H27F3N4O3. The molecule has 34 heavy (non-hydrogen) atoms. The van der Waals surface area contributed by atoms with Crippen LogP contribution in [0.15, 0.2) is 42.6 Å². The summed E-state index contributed by atoms with van der Waals surface area (Å²) in [5, 5.41) is 0. The standard InChI is InChI=1S/C24H27F3N4O3/c1-2-34-20-7-4-3-6-19(20)31-16-17(14-22(31)32)23(33)30-11-5-10-29(12-13-30)21-9-8-18(15-28-21)24(25,26)27/h3-4,6-9,15,17H,2,5,10-14,16H2,1H3/t17-/m0/s1. The van der Waals surface area contributed by atoms with Crippen molar-refractivity contribution in [3.8, 4) is 5.75 Å². The number of aromatic nitrogens is 1. The average Bonchev–Trinajstić information content (AvgIpc) is 3.03. The molecule has 0 unspecified atom stereocenters. The molecule has 2 fully saturated rings. The third-order valence-corrected chi connectivity index (χ3v) is 6.14. The molecule has 0 N–H and O–H groups in total. The second kappa shape index (κ2) is 9.90. The first-order valence-electron chi connectivity index (χ1n) is 11.4. The Hall–Kier alpha value is -3.30. The lowest BCUT2D eigenvalue weighted by Crippen LogP contribution is -2.40. The molecule has 10 heteroatoms. The third-order valence-electron chi connectivity index (χ3n) is 6.14. The zero-order chi connectivity index (χ0) is 24.3. The SMILES string of the molecule is CCOc1ccccc1N1C[C@@H](C(=O)N2CCCN(c3ccc(C(F)(F)F)cn3)CC2)CC1=O. The minimum Gasteiger partial charge on any atom is -0.492 e. The van der Waals surface area contributed by atoms with E-state index in [-0.39, 0.29) is 18.2 Å². The number of anilines is 2. The van der Waals surface area contributed by atoms with Gasteiger partial charge in [0.25, 0.3) is 0 Å². The summed E-state index contributed by atoms with van der Waals surface area (Å²) in [4.78, 5) is 35.2. The lowest BCUT2D eigenvalue weighted by Gasteiger charge is -2.25. The quantitative estimate of drug-likeness (QED) is 0.660. The topological polar surface area (TPSA) is 66.0 Å². The van der Waals surface area contributed by atoms with Gasteiger partial charge in [0.1, 0.15) is 11.6 Å². The second-order valence-corrected chi connectivity index (χ2v) is 8.37. The maximum absolute atomic E-state index is 13.2. The lowest BCUT2D eigenvalue weighted by molar-refractivity contribution is -0.138. The van der Waals surface area contributed by atoms with E-state index in [4.69, 9.17) is 4.74 Å². The van der Waals surface area contributed by atoms with E-state index in [2.05, 4.69) is 4.98 Å². The summed E-state index contributed by atoms with van der Waals surface area (Å²) in [6.45, 7) is 4.62. The number of hydrogen-bond donors (Lipinski definition) is 0. The smallest absolute Gasteiger partial charge is 0.417 e. The maximum atomic E-state index is 13.2. The first-order chi connectivity index (χ1) is 16.3. The van der Waals surface area contributed by atoms with Crippen LogP contribution in [0.2, 0.25) is 0 Å². The molecule has 2 aliphatic heterocycles. The van der Waals surface area contributed by atoms with Crippen molar-refractivity contribution < 1.29 is 27.5 Å². The Bertz CT molecular complexity index is 1030. The van der Waals surface area contributed by atoms with Crippen molar-refractivity contribution in [1.82, 2.24) is 9.88 Å². The van der Waals surface area contributed by atoms with Gasteiger partial charge in [0, 0.05) is 45.3 Å². The van der Waals surface area contributed by atoms with Crippen molar-refractivity contribution in [2.45, 2.75) is 25.9 Å². The lowest BCUT2D eigenvalue weighted by atomic mass is 10.1. The molecule has 0 aliphatic carbocycles. The second-order valence-electron chi connectivity index (χ2n) is 8.37. The summed E-state index contributed by atoms with van der Waals surface area (Å²) in [5.41, 5.74) is -0.121. The number of carbonyl (C=O) groups excluding carboxylic acids is 2. The highest BCUT2D eigenvalue weighted by Crippen LogP contribution is 2.34. The van der Waals surface area contributed by atoms with E-state index in [1.54, 1.807) is 15.9 Å². The van der Waals surface area contributed by atoms with Crippen LogP contribution in [0.25, 0.3) is 0 Å². The van der Waals surface area contributed by atoms with Crippen LogP contribution < -0.4 is 14.5 Å². The zero-order valence-corrected chi connectivity index (χ0v) is 18.9. The molecule has 1 aromatic heterocycles. The molecule has 2 amide bonds. The fourth-order valence-corrected chi connectivity index (χ4v) is 4.43. The van der Waals surface area contributed by atoms with Crippen molar-refractivity contribution in [3.63, 3.8) is 0 Å². The van der Waals surface area contributed by atoms with Crippen LogP contribution in [0.5, 0.6) is 5.75 Å². The van der Waals surface area contributed by atoms with Gasteiger partial charge in [-0.3, -0.25) is 9.59 Å². The average molecular weight is 476 g/mol. The number of benzene rings is 1. The van der Waals surface area contributed by atoms with Crippen molar-refractivity contribution in [2.24, 2.45) is 5.92 Å². The van der Waals surface area contributed by atoms with Crippen LogP contribution in [-0.2, 0) is 15.8 Å². The predicted octanol–water partition coefficient (Wildman–Crippen LogP) is 3.59. The molecule has 1 aromatic carbocycles. The monoisotopic (exact) mass is 476 g/mol. The first kappa shape index (κ1) is 23.8. The summed E-state index contributed by atoms with van der Waals surface area (Å²) in [7, 11) is 0. The number of nitrogens with zero attached hydrogens (tertiary/aromatic N) is 4. The molecule has 182 valence electrons. The van der Waals surface area contributed by atoms with Crippen LogP contribution >= 0.6 is 0 Å². The normalized spacial score (nSPS) is 19.4. The molecule has 0 bridgehead atoms. The van der Waals surface area contributed by atoms with Crippen LogP contribution in [0.1, 0.15) is 25.3 Å². The Morgan fingerprint density at radius 2 is 1.91 bits per heavy atom. The number of para-hydroxylation sites is 2. The van der Waals surface area contributed by atoms with Gasteiger partial charge in [0.05, 0.1) is 23.8 Å². The van der Waals surface area contributed by atoms with Crippen LogP contribution in [0, 0.1) is 5.92 Å². The number of pyridine rings is 1. The van der Waals surface area contributed by atoms with Gasteiger partial charge in [-0.1, -0.05) is 12.1 Å². The number of amides is 2. The van der Waals surface area contributed by atoms with E-state index in [9.17, 15) is 22.8 Å². The molecule has 3 heterocycles. The van der Waals surface area contributed by atoms with Crippen molar-refractivity contribution in [1.29, 1.82) is 0 Å². The molecule has 4 rings (SSSR count). The minimum absolute atomic E-state index is 0.0769. The fraction of sp³-hybridized carbons (Fsp3) is 0.458. The highest BCUT2D eigenvalue weighted by molar-refractivity contribution is 6.01. The van der Waals surface area contributed by atoms with Crippen LogP contribution in [0.4, 0.5) is 24.7 Å². The summed E-state index contributed by atoms with van der Waals surface area (Å²) in [6.07, 6.45) is -2.79. The number of rotatable bonds is 5. The first-order valence-corrected chi connectivity index (χ1v) is 11.4. The minimum atomic E-state index is -4.43. The Morgan fingerprint density at radius 1 is 1.12 bits per heavy atom. The van der Waals surface area contributed by atoms with Gasteiger partial charge < -0.3 is 19.4 Å². The Labute approximate surface area is 196 Å². The van der Waals surface area contributed by atoms with Crippen molar-refractivity contribution in [2.75, 3.05) is 49.1 Å². The highest BCUT2D eigenvalue weighted by atomic mass is 19.4. The van der Waals surface area contributed by atoms with Gasteiger partial charge in [-0.25, -0.2) is 4.98 Å². The van der Waals surface area contributed by atoms with Crippen LogP contribution in [-0.4, -0.2) is 61.0 Å². The molecule has 0 spiro atoms. The summed E-state index contributed by atoms with van der Waals surface area (Å²) in [5.74, 6) is 0.429. The Morgan fingerprint density at radius 3 is 2.62 bits per heavy atom. The molecular weight excluding hydrogens is 449 g/mol. The highest BCUT2D eigenvalue weighted by Gasteiger charge is 2.38. The summed E-state index contributed by atoms with van der Waals surface area (Å²) in [6, 6.07) is 9.68. The van der Waals surface area contributed by atoms with Gasteiger partial charge in [-0.2, -0.15) is 13.2 Å². The number of carbonyl (C=O) groups is 2. The van der Waals surface area contributed by atoms with Gasteiger partial charge in [-0.05, 0) is 37.6 Å². The molecule has 1 atom stereocenters. The van der Waals surface area contributed by atoms with Gasteiger partial charge >= 0.3 is 6.18 Å². The summed E-state index contributed by atoms with van der Waals surface area (Å²) < 4.78 is 44.1. The van der Waals surface area contributed by atoms with Crippen molar-refractivity contribution >= 4 is 23.3 Å². The van der Waals surface area contributed by atoms with E-state index in [0.717, 1.165) is 12.3 Å². The van der Waals surface area contributed by atoms with E-state index >= 15 is 0 Å². The number of hydrogen-bond acceptors (Lipinski definition) is 5. The molecule has 2 aromatic rings. The summed E-state index contributed by atoms with van der Waals surface area (Å²) >= 11 is 0. The molecule has 7 nitrogen and oxygen atoms in total. The molecule has 0 saturated carbocycles. The largest absolute Gasteiger partial charge is 0.492 e. The zero-order valence-electron chi connectivity index (χ0n) is 18.9. The molecule has 0 radical (unpaired) electrons. The number of ether oxygens (including phenoxy) is 1. The van der Waals surface area contributed by atoms with E-state index < -0.39 is 17.7 Å². The fourth-order valence-electron chi connectivity index (χ4n) is 4.43. The van der Waals surface area contributed by atoms with Gasteiger partial charge in [0.15, 0.2) is 0 Å². The van der Waals surface area contributed by atoms with Gasteiger partial charge in [-0.15, -0.1) is 0 Å². The van der Waals surface area contributed by atoms with Crippen molar-refractivity contribution in [3.05, 3.63) is 48.2 Å². The predicted molar refractivity (Wildman–Crippen MR) is 121 cm³/mol. The maximum Gasteiger partial charge on any atom is 0.417 e.